The van der Waals surface area contributed by atoms with Gasteiger partial charge in [0.1, 0.15) is 5.03 Å². The summed E-state index contributed by atoms with van der Waals surface area (Å²) < 4.78 is 37.9. The number of rotatable bonds is 2. The summed E-state index contributed by atoms with van der Waals surface area (Å²) >= 11 is 4.53. The third kappa shape index (κ3) is 3.52. The highest BCUT2D eigenvalue weighted by Crippen LogP contribution is 2.34. The van der Waals surface area contributed by atoms with Crippen molar-refractivity contribution in [2.75, 3.05) is 0 Å². The van der Waals surface area contributed by atoms with Gasteiger partial charge in [-0.3, -0.25) is 0 Å². The maximum atomic E-state index is 12.4. The Labute approximate surface area is 125 Å². The zero-order valence-electron chi connectivity index (χ0n) is 9.78. The Hall–Kier alpha value is -1.52. The van der Waals surface area contributed by atoms with Crippen molar-refractivity contribution in [1.29, 1.82) is 5.26 Å². The van der Waals surface area contributed by atoms with Crippen LogP contribution >= 0.6 is 27.7 Å². The molecule has 0 N–H and O–H groups in total. The molecular formula is C13H6BrF3N2S. The first-order valence-electron chi connectivity index (χ1n) is 5.31. The van der Waals surface area contributed by atoms with Crippen molar-refractivity contribution in [2.24, 2.45) is 0 Å². The van der Waals surface area contributed by atoms with Gasteiger partial charge in [-0.1, -0.05) is 11.8 Å². The number of hydrogen-bond donors (Lipinski definition) is 0. The smallest absolute Gasteiger partial charge is 0.249 e. The highest BCUT2D eigenvalue weighted by atomic mass is 79.9. The van der Waals surface area contributed by atoms with E-state index in [9.17, 15) is 13.2 Å². The molecule has 0 bridgehead atoms. The van der Waals surface area contributed by atoms with Crippen LogP contribution in [-0.4, -0.2) is 4.98 Å². The highest BCUT2D eigenvalue weighted by Gasteiger charge is 2.30. The van der Waals surface area contributed by atoms with E-state index >= 15 is 0 Å². The zero-order valence-corrected chi connectivity index (χ0v) is 12.2. The molecule has 0 saturated heterocycles. The maximum Gasteiger partial charge on any atom is 0.417 e. The average Bonchev–Trinajstić information content (AvgIpc) is 2.40. The quantitative estimate of drug-likeness (QED) is 0.767. The van der Waals surface area contributed by atoms with Gasteiger partial charge in [0.15, 0.2) is 0 Å². The normalized spacial score (nSPS) is 11.2. The number of aromatic nitrogens is 1. The van der Waals surface area contributed by atoms with Crippen LogP contribution in [0.3, 0.4) is 0 Å². The van der Waals surface area contributed by atoms with E-state index in [4.69, 9.17) is 5.26 Å². The third-order valence-electron chi connectivity index (χ3n) is 2.34. The molecule has 0 spiro atoms. The highest BCUT2D eigenvalue weighted by molar-refractivity contribution is 9.10. The summed E-state index contributed by atoms with van der Waals surface area (Å²) in [5, 5.41) is 9.20. The second kappa shape index (κ2) is 5.85. The lowest BCUT2D eigenvalue weighted by atomic mass is 10.2. The number of alkyl halides is 3. The Morgan fingerprint density at radius 2 is 1.95 bits per heavy atom. The minimum absolute atomic E-state index is 0.448. The van der Waals surface area contributed by atoms with Crippen molar-refractivity contribution >= 4 is 27.7 Å². The first kappa shape index (κ1) is 14.9. The van der Waals surface area contributed by atoms with Gasteiger partial charge >= 0.3 is 6.18 Å². The molecule has 1 aromatic carbocycles. The molecule has 20 heavy (non-hydrogen) atoms. The molecule has 2 nitrogen and oxygen atoms in total. The lowest BCUT2D eigenvalue weighted by Crippen LogP contribution is -2.04. The molecule has 0 fully saturated rings. The van der Waals surface area contributed by atoms with E-state index in [0.29, 0.717) is 15.1 Å². The molecule has 0 radical (unpaired) electrons. The summed E-state index contributed by atoms with van der Waals surface area (Å²) in [5.41, 5.74) is -0.276. The standard InChI is InChI=1S/C13H6BrF3N2S/c14-10-5-8(6-18)1-3-11(10)20-12-4-2-9(7-19-12)13(15,16)17/h1-5,7H. The van der Waals surface area contributed by atoms with E-state index in [-0.39, 0.29) is 0 Å². The third-order valence-corrected chi connectivity index (χ3v) is 4.28. The van der Waals surface area contributed by atoms with Gasteiger partial charge in [-0.2, -0.15) is 18.4 Å². The number of nitriles is 1. The molecule has 0 unspecified atom stereocenters. The van der Waals surface area contributed by atoms with Gasteiger partial charge in [-0.25, -0.2) is 4.98 Å². The summed E-state index contributed by atoms with van der Waals surface area (Å²) in [4.78, 5) is 4.56. The SMILES string of the molecule is N#Cc1ccc(Sc2ccc(C(F)(F)F)cn2)c(Br)c1. The predicted molar refractivity (Wildman–Crippen MR) is 72.2 cm³/mol. The van der Waals surface area contributed by atoms with Crippen LogP contribution in [0.25, 0.3) is 0 Å². The molecule has 2 aromatic rings. The van der Waals surface area contributed by atoms with Gasteiger partial charge in [0.2, 0.25) is 0 Å². The van der Waals surface area contributed by atoms with Gasteiger partial charge in [-0.05, 0) is 46.3 Å². The van der Waals surface area contributed by atoms with E-state index in [1.165, 1.54) is 17.8 Å². The van der Waals surface area contributed by atoms with Gasteiger partial charge in [0, 0.05) is 15.6 Å². The predicted octanol–water partition coefficient (Wildman–Crippen LogP) is 4.89. The number of pyridine rings is 1. The summed E-state index contributed by atoms with van der Waals surface area (Å²) in [7, 11) is 0. The lowest BCUT2D eigenvalue weighted by molar-refractivity contribution is -0.137. The molecule has 0 saturated carbocycles. The van der Waals surface area contributed by atoms with Crippen molar-refractivity contribution < 1.29 is 13.2 Å². The fraction of sp³-hybridized carbons (Fsp3) is 0.0769. The van der Waals surface area contributed by atoms with Crippen molar-refractivity contribution in [1.82, 2.24) is 4.98 Å². The van der Waals surface area contributed by atoms with E-state index < -0.39 is 11.7 Å². The second-order valence-electron chi connectivity index (χ2n) is 3.74. The number of halogens is 4. The molecular weight excluding hydrogens is 353 g/mol. The molecule has 7 heteroatoms. The summed E-state index contributed by atoms with van der Waals surface area (Å²) in [6.07, 6.45) is -3.58. The summed E-state index contributed by atoms with van der Waals surface area (Å²) in [6, 6.07) is 9.31. The fourth-order valence-electron chi connectivity index (χ4n) is 1.37. The Morgan fingerprint density at radius 3 is 2.45 bits per heavy atom. The van der Waals surface area contributed by atoms with Crippen LogP contribution in [0.5, 0.6) is 0 Å². The number of nitrogens with zero attached hydrogens (tertiary/aromatic N) is 2. The first-order valence-corrected chi connectivity index (χ1v) is 6.92. The molecule has 0 aliphatic carbocycles. The summed E-state index contributed by atoms with van der Waals surface area (Å²) in [5.74, 6) is 0. The zero-order chi connectivity index (χ0) is 14.8. The lowest BCUT2D eigenvalue weighted by Gasteiger charge is -2.07. The van der Waals surface area contributed by atoms with Crippen molar-refractivity contribution in [3.63, 3.8) is 0 Å². The van der Waals surface area contributed by atoms with Crippen molar-refractivity contribution in [2.45, 2.75) is 16.1 Å². The van der Waals surface area contributed by atoms with Crippen LogP contribution in [0.2, 0.25) is 0 Å². The maximum absolute atomic E-state index is 12.4. The topological polar surface area (TPSA) is 36.7 Å². The van der Waals surface area contributed by atoms with E-state index in [1.807, 2.05) is 6.07 Å². The van der Waals surface area contributed by atoms with Gasteiger partial charge < -0.3 is 0 Å². The molecule has 0 atom stereocenters. The molecule has 0 aliphatic rings. The molecule has 1 aromatic heterocycles. The van der Waals surface area contributed by atoms with Gasteiger partial charge in [0.05, 0.1) is 17.2 Å². The van der Waals surface area contributed by atoms with Crippen LogP contribution in [-0.2, 0) is 6.18 Å². The molecule has 2 rings (SSSR count). The van der Waals surface area contributed by atoms with Gasteiger partial charge in [-0.15, -0.1) is 0 Å². The Balaban J connectivity index is 2.21. The Morgan fingerprint density at radius 1 is 1.20 bits per heavy atom. The van der Waals surface area contributed by atoms with Crippen molar-refractivity contribution in [3.8, 4) is 6.07 Å². The molecule has 0 amide bonds. The molecule has 0 aliphatic heterocycles. The molecule has 1 heterocycles. The summed E-state index contributed by atoms with van der Waals surface area (Å²) in [6.45, 7) is 0. The van der Waals surface area contributed by atoms with E-state index in [2.05, 4.69) is 20.9 Å². The minimum atomic E-state index is -4.38. The average molecular weight is 359 g/mol. The van der Waals surface area contributed by atoms with Crippen LogP contribution in [0.15, 0.2) is 50.9 Å². The second-order valence-corrected chi connectivity index (χ2v) is 5.66. The van der Waals surface area contributed by atoms with Crippen LogP contribution in [0, 0.1) is 11.3 Å². The van der Waals surface area contributed by atoms with E-state index in [1.54, 1.807) is 18.2 Å². The van der Waals surface area contributed by atoms with Gasteiger partial charge in [0.25, 0.3) is 0 Å². The van der Waals surface area contributed by atoms with Crippen LogP contribution in [0.1, 0.15) is 11.1 Å². The Kier molecular flexibility index (Phi) is 4.35. The number of benzene rings is 1. The number of hydrogen-bond acceptors (Lipinski definition) is 3. The van der Waals surface area contributed by atoms with Crippen LogP contribution in [0.4, 0.5) is 13.2 Å². The van der Waals surface area contributed by atoms with Crippen molar-refractivity contribution in [3.05, 3.63) is 52.1 Å². The van der Waals surface area contributed by atoms with E-state index in [0.717, 1.165) is 17.2 Å². The first-order chi connectivity index (χ1) is 9.40. The minimum Gasteiger partial charge on any atom is -0.249 e. The monoisotopic (exact) mass is 358 g/mol. The van der Waals surface area contributed by atoms with Crippen LogP contribution < -0.4 is 0 Å². The Bertz CT molecular complexity index is 663. The largest absolute Gasteiger partial charge is 0.417 e. The fourth-order valence-corrected chi connectivity index (χ4v) is 2.76. The molecule has 102 valence electrons.